The van der Waals surface area contributed by atoms with E-state index >= 15 is 0 Å². The van der Waals surface area contributed by atoms with Crippen LogP contribution < -0.4 is 5.32 Å². The van der Waals surface area contributed by atoms with Crippen LogP contribution in [0.25, 0.3) is 0 Å². The molecule has 1 aromatic rings. The monoisotopic (exact) mass is 256 g/mol. The maximum absolute atomic E-state index is 11.7. The lowest BCUT2D eigenvalue weighted by atomic mass is 10.1. The molecule has 1 amide bonds. The molecule has 0 fully saturated rings. The summed E-state index contributed by atoms with van der Waals surface area (Å²) in [4.78, 5) is 22.6. The number of rotatable bonds is 7. The van der Waals surface area contributed by atoms with Gasteiger partial charge in [-0.1, -0.05) is 5.16 Å². The normalized spacial score (nSPS) is 12.1. The van der Waals surface area contributed by atoms with Crippen molar-refractivity contribution in [1.29, 1.82) is 0 Å². The van der Waals surface area contributed by atoms with Crippen molar-refractivity contribution in [2.24, 2.45) is 0 Å². The second-order valence-corrected chi connectivity index (χ2v) is 3.83. The first-order chi connectivity index (χ1) is 8.54. The van der Waals surface area contributed by atoms with Crippen LogP contribution in [-0.4, -0.2) is 41.9 Å². The van der Waals surface area contributed by atoms with E-state index in [0.717, 1.165) is 0 Å². The minimum Gasteiger partial charge on any atom is -0.480 e. The number of amides is 1. The highest BCUT2D eigenvalue weighted by Crippen LogP contribution is 2.04. The minimum atomic E-state index is -1.09. The van der Waals surface area contributed by atoms with Crippen LogP contribution in [0.2, 0.25) is 0 Å². The number of ether oxygens (including phenoxy) is 1. The summed E-state index contributed by atoms with van der Waals surface area (Å²) in [7, 11) is 1.53. The summed E-state index contributed by atoms with van der Waals surface area (Å²) in [6.07, 6.45) is 0.839. The molecule has 0 aliphatic carbocycles. The number of carboxylic acids is 1. The Morgan fingerprint density at radius 3 is 2.83 bits per heavy atom. The number of nitrogens with zero attached hydrogens (tertiary/aromatic N) is 1. The number of aryl methyl sites for hydroxylation is 1. The molecule has 0 aliphatic rings. The molecule has 1 heterocycles. The molecule has 0 saturated carbocycles. The van der Waals surface area contributed by atoms with Gasteiger partial charge < -0.3 is 19.7 Å². The van der Waals surface area contributed by atoms with Gasteiger partial charge in [0.15, 0.2) is 0 Å². The summed E-state index contributed by atoms with van der Waals surface area (Å²) >= 11 is 0. The lowest BCUT2D eigenvalue weighted by molar-refractivity contribution is -0.139. The van der Waals surface area contributed by atoms with Crippen molar-refractivity contribution in [3.05, 3.63) is 17.5 Å². The fourth-order valence-electron chi connectivity index (χ4n) is 1.39. The number of carbonyl (C=O) groups is 2. The van der Waals surface area contributed by atoms with Crippen LogP contribution in [-0.2, 0) is 9.53 Å². The van der Waals surface area contributed by atoms with Gasteiger partial charge >= 0.3 is 5.97 Å². The average molecular weight is 256 g/mol. The summed E-state index contributed by atoms with van der Waals surface area (Å²) in [6, 6.07) is 0.488. The molecule has 0 spiro atoms. The van der Waals surface area contributed by atoms with Gasteiger partial charge in [0.2, 0.25) is 5.76 Å². The molecule has 18 heavy (non-hydrogen) atoms. The first-order valence-electron chi connectivity index (χ1n) is 5.50. The zero-order chi connectivity index (χ0) is 13.5. The van der Waals surface area contributed by atoms with E-state index < -0.39 is 17.9 Å². The highest BCUT2D eigenvalue weighted by molar-refractivity contribution is 5.94. The SMILES string of the molecule is COCCCC(NC(=O)c1cc(C)no1)C(=O)O. The van der Waals surface area contributed by atoms with Crippen molar-refractivity contribution in [3.8, 4) is 0 Å². The highest BCUT2D eigenvalue weighted by Gasteiger charge is 2.22. The first-order valence-corrected chi connectivity index (χ1v) is 5.50. The van der Waals surface area contributed by atoms with Crippen LogP contribution in [0.15, 0.2) is 10.6 Å². The zero-order valence-electron chi connectivity index (χ0n) is 10.3. The van der Waals surface area contributed by atoms with Gasteiger partial charge in [0.1, 0.15) is 6.04 Å². The number of hydrogen-bond donors (Lipinski definition) is 2. The van der Waals surface area contributed by atoms with Crippen LogP contribution in [0.5, 0.6) is 0 Å². The summed E-state index contributed by atoms with van der Waals surface area (Å²) in [5.74, 6) is -1.67. The van der Waals surface area contributed by atoms with Gasteiger partial charge in [-0.3, -0.25) is 4.79 Å². The third-order valence-electron chi connectivity index (χ3n) is 2.30. The molecule has 0 radical (unpaired) electrons. The van der Waals surface area contributed by atoms with E-state index in [1.54, 1.807) is 6.92 Å². The summed E-state index contributed by atoms with van der Waals surface area (Å²) in [6.45, 7) is 2.12. The summed E-state index contributed by atoms with van der Waals surface area (Å²) in [5, 5.41) is 14.9. The standard InChI is InChI=1S/C11H16N2O5/c1-7-6-9(18-13-7)10(14)12-8(11(15)16)4-3-5-17-2/h6,8H,3-5H2,1-2H3,(H,12,14)(H,15,16). The van der Waals surface area contributed by atoms with Gasteiger partial charge in [-0.05, 0) is 19.8 Å². The van der Waals surface area contributed by atoms with E-state index in [9.17, 15) is 9.59 Å². The zero-order valence-corrected chi connectivity index (χ0v) is 10.3. The smallest absolute Gasteiger partial charge is 0.326 e. The summed E-state index contributed by atoms with van der Waals surface area (Å²) < 4.78 is 9.58. The highest BCUT2D eigenvalue weighted by atomic mass is 16.5. The topological polar surface area (TPSA) is 102 Å². The molecule has 7 heteroatoms. The van der Waals surface area contributed by atoms with E-state index in [-0.39, 0.29) is 5.76 Å². The Morgan fingerprint density at radius 2 is 2.33 bits per heavy atom. The Hall–Kier alpha value is -1.89. The van der Waals surface area contributed by atoms with Gasteiger partial charge in [-0.2, -0.15) is 0 Å². The molecule has 0 aliphatic heterocycles. The molecule has 1 atom stereocenters. The number of methoxy groups -OCH3 is 1. The second kappa shape index (κ2) is 6.75. The third-order valence-corrected chi connectivity index (χ3v) is 2.30. The van der Waals surface area contributed by atoms with E-state index in [4.69, 9.17) is 14.4 Å². The molecule has 2 N–H and O–H groups in total. The Labute approximate surface area is 104 Å². The Balaban J connectivity index is 2.55. The molecule has 0 aromatic carbocycles. The van der Waals surface area contributed by atoms with Gasteiger partial charge in [0.05, 0.1) is 5.69 Å². The van der Waals surface area contributed by atoms with Crippen molar-refractivity contribution in [3.63, 3.8) is 0 Å². The molecule has 1 rings (SSSR count). The van der Waals surface area contributed by atoms with E-state index in [1.165, 1.54) is 13.2 Å². The Morgan fingerprint density at radius 1 is 1.61 bits per heavy atom. The van der Waals surface area contributed by atoms with Crippen LogP contribution in [0.3, 0.4) is 0 Å². The molecular formula is C11H16N2O5. The Kier molecular flexibility index (Phi) is 5.31. The van der Waals surface area contributed by atoms with Crippen molar-refractivity contribution in [2.45, 2.75) is 25.8 Å². The maximum atomic E-state index is 11.7. The number of carbonyl (C=O) groups excluding carboxylic acids is 1. The number of carboxylic acid groups (broad SMARTS) is 1. The second-order valence-electron chi connectivity index (χ2n) is 3.83. The van der Waals surface area contributed by atoms with Crippen LogP contribution in [0.4, 0.5) is 0 Å². The molecular weight excluding hydrogens is 240 g/mol. The fourth-order valence-corrected chi connectivity index (χ4v) is 1.39. The average Bonchev–Trinajstić information content (AvgIpc) is 2.74. The van der Waals surface area contributed by atoms with Crippen molar-refractivity contribution < 1.29 is 24.0 Å². The van der Waals surface area contributed by atoms with Gasteiger partial charge in [0.25, 0.3) is 5.91 Å². The van der Waals surface area contributed by atoms with Crippen molar-refractivity contribution >= 4 is 11.9 Å². The quantitative estimate of drug-likeness (QED) is 0.692. The minimum absolute atomic E-state index is 0.00508. The van der Waals surface area contributed by atoms with E-state index in [1.807, 2.05) is 0 Å². The van der Waals surface area contributed by atoms with E-state index in [2.05, 4.69) is 10.5 Å². The third kappa shape index (κ3) is 4.17. The number of nitrogens with one attached hydrogen (secondary N) is 1. The maximum Gasteiger partial charge on any atom is 0.326 e. The van der Waals surface area contributed by atoms with Crippen LogP contribution in [0.1, 0.15) is 29.1 Å². The molecule has 0 bridgehead atoms. The van der Waals surface area contributed by atoms with Gasteiger partial charge in [-0.15, -0.1) is 0 Å². The van der Waals surface area contributed by atoms with E-state index in [0.29, 0.717) is 25.1 Å². The molecule has 1 unspecified atom stereocenters. The largest absolute Gasteiger partial charge is 0.480 e. The number of aromatic nitrogens is 1. The predicted octanol–water partition coefficient (Wildman–Crippen LogP) is 0.593. The predicted molar refractivity (Wildman–Crippen MR) is 61.2 cm³/mol. The molecule has 100 valence electrons. The fraction of sp³-hybridized carbons (Fsp3) is 0.545. The summed E-state index contributed by atoms with van der Waals surface area (Å²) in [5.41, 5.74) is 0.561. The van der Waals surface area contributed by atoms with Crippen LogP contribution >= 0.6 is 0 Å². The van der Waals surface area contributed by atoms with Gasteiger partial charge in [0, 0.05) is 19.8 Å². The van der Waals surface area contributed by atoms with Crippen LogP contribution in [0, 0.1) is 6.92 Å². The molecule has 0 saturated heterocycles. The molecule has 7 nitrogen and oxygen atoms in total. The Bertz CT molecular complexity index is 415. The van der Waals surface area contributed by atoms with Crippen molar-refractivity contribution in [2.75, 3.05) is 13.7 Å². The number of hydrogen-bond acceptors (Lipinski definition) is 5. The first kappa shape index (κ1) is 14.2. The molecule has 1 aromatic heterocycles. The van der Waals surface area contributed by atoms with Crippen molar-refractivity contribution in [1.82, 2.24) is 10.5 Å². The lowest BCUT2D eigenvalue weighted by Gasteiger charge is -2.12. The lowest BCUT2D eigenvalue weighted by Crippen LogP contribution is -2.40. The van der Waals surface area contributed by atoms with Gasteiger partial charge in [-0.25, -0.2) is 4.79 Å². The number of aliphatic carboxylic acids is 1.